The average Bonchev–Trinajstić information content (AvgIpc) is 2.95. The van der Waals surface area contributed by atoms with Crippen LogP contribution in [0.15, 0.2) is 35.3 Å². The van der Waals surface area contributed by atoms with Crippen LogP contribution in [0.3, 0.4) is 0 Å². The first-order valence-electron chi connectivity index (χ1n) is 7.89. The van der Waals surface area contributed by atoms with Crippen molar-refractivity contribution in [3.05, 3.63) is 36.0 Å². The maximum atomic E-state index is 4.33. The SMILES string of the molecule is CN=C(NCc1cc2ccccc2[nH]1)NC1CCCCC1.I. The Labute approximate surface area is 149 Å². The lowest BCUT2D eigenvalue weighted by molar-refractivity contribution is 0.410. The third-order valence-corrected chi connectivity index (χ3v) is 4.20. The molecule has 4 nitrogen and oxygen atoms in total. The van der Waals surface area contributed by atoms with Gasteiger partial charge in [0.1, 0.15) is 0 Å². The molecule has 1 saturated carbocycles. The molecular weight excluding hydrogens is 387 g/mol. The van der Waals surface area contributed by atoms with Crippen LogP contribution in [0, 0.1) is 0 Å². The summed E-state index contributed by atoms with van der Waals surface area (Å²) in [6, 6.07) is 11.1. The number of aromatic amines is 1. The van der Waals surface area contributed by atoms with Gasteiger partial charge in [0.2, 0.25) is 0 Å². The normalized spacial score (nSPS) is 16.3. The molecule has 3 rings (SSSR count). The number of rotatable bonds is 3. The van der Waals surface area contributed by atoms with Crippen molar-refractivity contribution in [1.29, 1.82) is 0 Å². The summed E-state index contributed by atoms with van der Waals surface area (Å²) in [5, 5.41) is 8.19. The standard InChI is InChI=1S/C17H24N4.HI/c1-18-17(21-14-8-3-2-4-9-14)19-12-15-11-13-7-5-6-10-16(13)20-15;/h5-7,10-11,14,20H,2-4,8-9,12H2,1H3,(H2,18,19,21);1H. The van der Waals surface area contributed by atoms with Gasteiger partial charge < -0.3 is 15.6 Å². The fourth-order valence-electron chi connectivity index (χ4n) is 3.04. The highest BCUT2D eigenvalue weighted by molar-refractivity contribution is 14.0. The van der Waals surface area contributed by atoms with Crippen LogP contribution in [0.2, 0.25) is 0 Å². The summed E-state index contributed by atoms with van der Waals surface area (Å²) in [5.41, 5.74) is 2.37. The first-order valence-corrected chi connectivity index (χ1v) is 7.89. The zero-order valence-electron chi connectivity index (χ0n) is 13.1. The van der Waals surface area contributed by atoms with Crippen molar-refractivity contribution >= 4 is 40.8 Å². The van der Waals surface area contributed by atoms with Crippen molar-refractivity contribution in [2.45, 2.75) is 44.7 Å². The molecule has 1 aliphatic rings. The maximum absolute atomic E-state index is 4.33. The van der Waals surface area contributed by atoms with E-state index in [0.29, 0.717) is 6.04 Å². The molecule has 0 spiro atoms. The van der Waals surface area contributed by atoms with Crippen LogP contribution >= 0.6 is 24.0 Å². The molecule has 1 aromatic heterocycles. The number of aliphatic imine (C=N–C) groups is 1. The Morgan fingerprint density at radius 2 is 2.00 bits per heavy atom. The minimum absolute atomic E-state index is 0. The molecule has 0 atom stereocenters. The predicted molar refractivity (Wildman–Crippen MR) is 104 cm³/mol. The number of H-pyrrole nitrogens is 1. The third kappa shape index (κ3) is 4.38. The Morgan fingerprint density at radius 3 is 2.73 bits per heavy atom. The smallest absolute Gasteiger partial charge is 0.191 e. The number of nitrogens with zero attached hydrogens (tertiary/aromatic N) is 1. The number of fused-ring (bicyclic) bond motifs is 1. The molecule has 0 saturated heterocycles. The van der Waals surface area contributed by atoms with Crippen molar-refractivity contribution in [3.8, 4) is 0 Å². The van der Waals surface area contributed by atoms with E-state index in [2.05, 4.69) is 50.9 Å². The number of halogens is 1. The molecule has 5 heteroatoms. The summed E-state index contributed by atoms with van der Waals surface area (Å²) in [7, 11) is 1.84. The van der Waals surface area contributed by atoms with E-state index in [1.165, 1.54) is 48.7 Å². The van der Waals surface area contributed by atoms with E-state index < -0.39 is 0 Å². The third-order valence-electron chi connectivity index (χ3n) is 4.20. The summed E-state index contributed by atoms with van der Waals surface area (Å²) in [4.78, 5) is 7.77. The molecule has 0 unspecified atom stereocenters. The molecule has 1 aliphatic carbocycles. The first-order chi connectivity index (χ1) is 10.3. The molecule has 0 bridgehead atoms. The highest BCUT2D eigenvalue weighted by Crippen LogP contribution is 2.17. The van der Waals surface area contributed by atoms with E-state index in [9.17, 15) is 0 Å². The number of hydrogen-bond donors (Lipinski definition) is 3. The van der Waals surface area contributed by atoms with Gasteiger partial charge in [-0.25, -0.2) is 0 Å². The van der Waals surface area contributed by atoms with Gasteiger partial charge in [-0.3, -0.25) is 4.99 Å². The van der Waals surface area contributed by atoms with Gasteiger partial charge in [0.25, 0.3) is 0 Å². The van der Waals surface area contributed by atoms with E-state index in [1.54, 1.807) is 0 Å². The number of para-hydroxylation sites is 1. The van der Waals surface area contributed by atoms with Gasteiger partial charge >= 0.3 is 0 Å². The lowest BCUT2D eigenvalue weighted by Gasteiger charge is -2.24. The minimum Gasteiger partial charge on any atom is -0.357 e. The number of aromatic nitrogens is 1. The summed E-state index contributed by atoms with van der Waals surface area (Å²) in [6.45, 7) is 0.765. The van der Waals surface area contributed by atoms with E-state index in [4.69, 9.17) is 0 Å². The summed E-state index contributed by atoms with van der Waals surface area (Å²) in [5.74, 6) is 0.903. The van der Waals surface area contributed by atoms with Crippen molar-refractivity contribution in [2.24, 2.45) is 4.99 Å². The molecule has 0 radical (unpaired) electrons. The van der Waals surface area contributed by atoms with Gasteiger partial charge in [0.05, 0.1) is 6.54 Å². The monoisotopic (exact) mass is 412 g/mol. The van der Waals surface area contributed by atoms with Crippen LogP contribution in [0.25, 0.3) is 10.9 Å². The predicted octanol–water partition coefficient (Wildman–Crippen LogP) is 3.78. The molecule has 120 valence electrons. The topological polar surface area (TPSA) is 52.2 Å². The Hall–Kier alpha value is -1.24. The lowest BCUT2D eigenvalue weighted by atomic mass is 9.96. The van der Waals surface area contributed by atoms with Gasteiger partial charge in [0, 0.05) is 24.3 Å². The van der Waals surface area contributed by atoms with Crippen molar-refractivity contribution in [3.63, 3.8) is 0 Å². The largest absolute Gasteiger partial charge is 0.357 e. The zero-order chi connectivity index (χ0) is 14.5. The number of benzene rings is 1. The van der Waals surface area contributed by atoms with Gasteiger partial charge in [-0.05, 0) is 30.4 Å². The molecule has 0 amide bonds. The summed E-state index contributed by atoms with van der Waals surface area (Å²) < 4.78 is 0. The zero-order valence-corrected chi connectivity index (χ0v) is 15.4. The fraction of sp³-hybridized carbons (Fsp3) is 0.471. The van der Waals surface area contributed by atoms with Crippen LogP contribution in [0.1, 0.15) is 37.8 Å². The summed E-state index contributed by atoms with van der Waals surface area (Å²) >= 11 is 0. The number of nitrogens with one attached hydrogen (secondary N) is 3. The molecule has 3 N–H and O–H groups in total. The lowest BCUT2D eigenvalue weighted by Crippen LogP contribution is -2.43. The highest BCUT2D eigenvalue weighted by Gasteiger charge is 2.14. The van der Waals surface area contributed by atoms with Gasteiger partial charge in [-0.1, -0.05) is 37.5 Å². The number of guanidine groups is 1. The second-order valence-corrected chi connectivity index (χ2v) is 5.79. The molecule has 1 fully saturated rings. The van der Waals surface area contributed by atoms with E-state index in [1.807, 2.05) is 7.05 Å². The van der Waals surface area contributed by atoms with E-state index in [-0.39, 0.29) is 24.0 Å². The molecule has 1 heterocycles. The first kappa shape index (κ1) is 17.1. The van der Waals surface area contributed by atoms with Gasteiger partial charge in [-0.15, -0.1) is 24.0 Å². The quantitative estimate of drug-likeness (QED) is 0.408. The van der Waals surface area contributed by atoms with Crippen LogP contribution in [-0.4, -0.2) is 24.0 Å². The average molecular weight is 412 g/mol. The van der Waals surface area contributed by atoms with E-state index >= 15 is 0 Å². The van der Waals surface area contributed by atoms with Crippen molar-refractivity contribution in [1.82, 2.24) is 15.6 Å². The van der Waals surface area contributed by atoms with Crippen LogP contribution in [0.4, 0.5) is 0 Å². The Kier molecular flexibility index (Phi) is 6.54. The van der Waals surface area contributed by atoms with Crippen molar-refractivity contribution < 1.29 is 0 Å². The Bertz CT molecular complexity index is 581. The Morgan fingerprint density at radius 1 is 1.23 bits per heavy atom. The second kappa shape index (κ2) is 8.41. The summed E-state index contributed by atoms with van der Waals surface area (Å²) in [6.07, 6.45) is 6.55. The van der Waals surface area contributed by atoms with E-state index in [0.717, 1.165) is 12.5 Å². The molecule has 1 aromatic carbocycles. The molecule has 0 aliphatic heterocycles. The fourth-order valence-corrected chi connectivity index (χ4v) is 3.04. The van der Waals surface area contributed by atoms with Gasteiger partial charge in [0.15, 0.2) is 5.96 Å². The Balaban J connectivity index is 0.00000176. The molecular formula is C17H25IN4. The van der Waals surface area contributed by atoms with Crippen LogP contribution in [0.5, 0.6) is 0 Å². The molecule has 22 heavy (non-hydrogen) atoms. The number of hydrogen-bond acceptors (Lipinski definition) is 1. The maximum Gasteiger partial charge on any atom is 0.191 e. The second-order valence-electron chi connectivity index (χ2n) is 5.79. The minimum atomic E-state index is 0. The van der Waals surface area contributed by atoms with Crippen LogP contribution < -0.4 is 10.6 Å². The molecule has 2 aromatic rings. The van der Waals surface area contributed by atoms with Crippen LogP contribution in [-0.2, 0) is 6.54 Å². The van der Waals surface area contributed by atoms with Crippen molar-refractivity contribution in [2.75, 3.05) is 7.05 Å². The van der Waals surface area contributed by atoms with Gasteiger partial charge in [-0.2, -0.15) is 0 Å². The highest BCUT2D eigenvalue weighted by atomic mass is 127.